The monoisotopic (exact) mass is 246 g/mol. The molecule has 0 unspecified atom stereocenters. The molecule has 0 fully saturated rings. The standard InChI is InChI=1S/C10H8.CH4O3S.Na/c1-2-6-10-8-4-3-7-9(10)5-1;1-5(2,3)4;/h1-8H;1H3,(H,2,3,4);/q;;+1/p-1. The summed E-state index contributed by atoms with van der Waals surface area (Å²) in [4.78, 5) is 0. The van der Waals surface area contributed by atoms with Crippen molar-refractivity contribution in [3.63, 3.8) is 0 Å². The predicted octanol–water partition coefficient (Wildman–Crippen LogP) is -0.995. The topological polar surface area (TPSA) is 57.2 Å². The van der Waals surface area contributed by atoms with E-state index < -0.39 is 10.1 Å². The predicted molar refractivity (Wildman–Crippen MR) is 59.6 cm³/mol. The summed E-state index contributed by atoms with van der Waals surface area (Å²) in [6.07, 6.45) is 0.604. The first-order chi connectivity index (χ1) is 6.97. The molecule has 0 bridgehead atoms. The van der Waals surface area contributed by atoms with Crippen LogP contribution in [0.5, 0.6) is 0 Å². The van der Waals surface area contributed by atoms with Crippen molar-refractivity contribution in [3.05, 3.63) is 48.5 Å². The van der Waals surface area contributed by atoms with Gasteiger partial charge in [-0.3, -0.25) is 0 Å². The Labute approximate surface area is 118 Å². The fourth-order valence-corrected chi connectivity index (χ4v) is 1.13. The number of hydrogen-bond acceptors (Lipinski definition) is 3. The molecule has 5 heteroatoms. The molecule has 2 aromatic rings. The molecule has 0 amide bonds. The quantitative estimate of drug-likeness (QED) is 0.443. The Kier molecular flexibility index (Phi) is 6.87. The van der Waals surface area contributed by atoms with Gasteiger partial charge >= 0.3 is 29.6 Å². The Morgan fingerprint density at radius 2 is 1.06 bits per heavy atom. The first-order valence-electron chi connectivity index (χ1n) is 4.31. The van der Waals surface area contributed by atoms with E-state index in [1.807, 2.05) is 0 Å². The maximum absolute atomic E-state index is 9.08. The third kappa shape index (κ3) is 6.98. The van der Waals surface area contributed by atoms with Gasteiger partial charge in [-0.15, -0.1) is 0 Å². The summed E-state index contributed by atoms with van der Waals surface area (Å²) in [5.74, 6) is 0. The first kappa shape index (κ1) is 15.6. The van der Waals surface area contributed by atoms with E-state index in [1.54, 1.807) is 0 Å². The molecule has 0 N–H and O–H groups in total. The van der Waals surface area contributed by atoms with Crippen LogP contribution in [0.15, 0.2) is 48.5 Å². The summed E-state index contributed by atoms with van der Waals surface area (Å²) >= 11 is 0. The molecule has 3 nitrogen and oxygen atoms in total. The summed E-state index contributed by atoms with van der Waals surface area (Å²) in [6.45, 7) is 0. The SMILES string of the molecule is CS(=O)(=O)[O-].[Na+].c1ccc2ccccc2c1. The Morgan fingerprint density at radius 3 is 1.25 bits per heavy atom. The van der Waals surface area contributed by atoms with Crippen molar-refractivity contribution in [2.45, 2.75) is 0 Å². The minimum Gasteiger partial charge on any atom is -0.748 e. The van der Waals surface area contributed by atoms with Crippen LogP contribution in [-0.2, 0) is 10.1 Å². The molecular formula is C11H11NaO3S. The second-order valence-electron chi connectivity index (χ2n) is 3.05. The maximum Gasteiger partial charge on any atom is 1.00 e. The summed E-state index contributed by atoms with van der Waals surface area (Å²) in [5, 5.41) is 2.62. The van der Waals surface area contributed by atoms with Gasteiger partial charge in [0.05, 0.1) is 10.1 Å². The molecule has 0 radical (unpaired) electrons. The van der Waals surface area contributed by atoms with Crippen LogP contribution >= 0.6 is 0 Å². The minimum absolute atomic E-state index is 0. The van der Waals surface area contributed by atoms with Crippen LogP contribution < -0.4 is 29.6 Å². The van der Waals surface area contributed by atoms with E-state index in [0.717, 1.165) is 0 Å². The van der Waals surface area contributed by atoms with Gasteiger partial charge in [0.2, 0.25) is 0 Å². The maximum atomic E-state index is 9.08. The van der Waals surface area contributed by atoms with E-state index in [4.69, 9.17) is 13.0 Å². The van der Waals surface area contributed by atoms with Crippen LogP contribution in [0, 0.1) is 0 Å². The van der Waals surface area contributed by atoms with E-state index in [9.17, 15) is 0 Å². The summed E-state index contributed by atoms with van der Waals surface area (Å²) in [6, 6.07) is 16.7. The fourth-order valence-electron chi connectivity index (χ4n) is 1.13. The van der Waals surface area contributed by atoms with Crippen LogP contribution in [-0.4, -0.2) is 19.2 Å². The van der Waals surface area contributed by atoms with Gasteiger partial charge in [0, 0.05) is 6.26 Å². The number of hydrogen-bond donors (Lipinski definition) is 0. The molecule has 0 saturated heterocycles. The van der Waals surface area contributed by atoms with Gasteiger partial charge < -0.3 is 4.55 Å². The molecule has 0 aliphatic carbocycles. The van der Waals surface area contributed by atoms with Crippen molar-refractivity contribution in [1.29, 1.82) is 0 Å². The smallest absolute Gasteiger partial charge is 0.748 e. The summed E-state index contributed by atoms with van der Waals surface area (Å²) < 4.78 is 27.2. The first-order valence-corrected chi connectivity index (χ1v) is 6.13. The third-order valence-corrected chi connectivity index (χ3v) is 1.66. The molecular weight excluding hydrogens is 235 g/mol. The van der Waals surface area contributed by atoms with Crippen molar-refractivity contribution in [2.24, 2.45) is 0 Å². The van der Waals surface area contributed by atoms with Gasteiger partial charge in [0.15, 0.2) is 0 Å². The molecule has 0 aliphatic rings. The fraction of sp³-hybridized carbons (Fsp3) is 0.0909. The molecule has 0 spiro atoms. The summed E-state index contributed by atoms with van der Waals surface area (Å²) in [7, 11) is -3.92. The van der Waals surface area contributed by atoms with Crippen LogP contribution in [0.2, 0.25) is 0 Å². The Bertz CT molecular complexity index is 464. The van der Waals surface area contributed by atoms with Gasteiger partial charge in [-0.25, -0.2) is 8.42 Å². The third-order valence-electron chi connectivity index (χ3n) is 1.66. The Hall–Kier alpha value is -0.390. The second kappa shape index (κ2) is 7.04. The van der Waals surface area contributed by atoms with Gasteiger partial charge in [0.1, 0.15) is 0 Å². The van der Waals surface area contributed by atoms with Gasteiger partial charge in [-0.05, 0) is 10.8 Å². The van der Waals surface area contributed by atoms with Crippen LogP contribution in [0.25, 0.3) is 10.8 Å². The molecule has 0 aromatic heterocycles. The Morgan fingerprint density at radius 1 is 0.875 bits per heavy atom. The average molecular weight is 246 g/mol. The van der Waals surface area contributed by atoms with E-state index in [2.05, 4.69) is 48.5 Å². The van der Waals surface area contributed by atoms with Gasteiger partial charge in [-0.1, -0.05) is 48.5 Å². The van der Waals surface area contributed by atoms with E-state index in [1.165, 1.54) is 10.8 Å². The molecule has 80 valence electrons. The molecule has 0 atom stereocenters. The van der Waals surface area contributed by atoms with Gasteiger partial charge in [0.25, 0.3) is 0 Å². The van der Waals surface area contributed by atoms with Crippen molar-refractivity contribution in [1.82, 2.24) is 0 Å². The number of rotatable bonds is 0. The second-order valence-corrected chi connectivity index (χ2v) is 4.46. The zero-order chi connectivity index (χ0) is 11.3. The normalized spacial score (nSPS) is 9.88. The van der Waals surface area contributed by atoms with E-state index in [-0.39, 0.29) is 29.6 Å². The average Bonchev–Trinajstić information content (AvgIpc) is 2.16. The van der Waals surface area contributed by atoms with Crippen molar-refractivity contribution in [2.75, 3.05) is 6.26 Å². The molecule has 16 heavy (non-hydrogen) atoms. The molecule has 2 rings (SSSR count). The number of benzene rings is 2. The zero-order valence-corrected chi connectivity index (χ0v) is 12.1. The van der Waals surface area contributed by atoms with Crippen molar-refractivity contribution >= 4 is 20.9 Å². The van der Waals surface area contributed by atoms with Crippen LogP contribution in [0.4, 0.5) is 0 Å². The zero-order valence-electron chi connectivity index (χ0n) is 9.25. The largest absolute Gasteiger partial charge is 1.00 e. The summed E-state index contributed by atoms with van der Waals surface area (Å²) in [5.41, 5.74) is 0. The van der Waals surface area contributed by atoms with Gasteiger partial charge in [-0.2, -0.15) is 0 Å². The Balaban J connectivity index is 0.000000330. The van der Waals surface area contributed by atoms with Crippen LogP contribution in [0.1, 0.15) is 0 Å². The molecule has 2 aromatic carbocycles. The molecule has 0 aliphatic heterocycles. The van der Waals surface area contributed by atoms with Crippen molar-refractivity contribution < 1.29 is 42.5 Å². The van der Waals surface area contributed by atoms with Crippen LogP contribution in [0.3, 0.4) is 0 Å². The van der Waals surface area contributed by atoms with E-state index >= 15 is 0 Å². The number of fused-ring (bicyclic) bond motifs is 1. The minimum atomic E-state index is -3.92. The molecule has 0 saturated carbocycles. The van der Waals surface area contributed by atoms with E-state index in [0.29, 0.717) is 6.26 Å². The molecule has 0 heterocycles. The van der Waals surface area contributed by atoms with Crippen molar-refractivity contribution in [3.8, 4) is 0 Å².